The van der Waals surface area contributed by atoms with E-state index in [-0.39, 0.29) is 0 Å². The van der Waals surface area contributed by atoms with Gasteiger partial charge in [0.25, 0.3) is 0 Å². The van der Waals surface area contributed by atoms with Gasteiger partial charge in [0.05, 0.1) is 10.0 Å². The Morgan fingerprint density at radius 1 is 1.05 bits per heavy atom. The van der Waals surface area contributed by atoms with Crippen LogP contribution in [0.5, 0.6) is 0 Å². The molecule has 2 aromatic carbocycles. The maximum atomic E-state index is 6.05. The van der Waals surface area contributed by atoms with Crippen LogP contribution in [-0.2, 0) is 6.42 Å². The molecule has 0 saturated carbocycles. The molecule has 0 aromatic heterocycles. The highest BCUT2D eigenvalue weighted by atomic mass is 35.5. The van der Waals surface area contributed by atoms with Gasteiger partial charge in [0.15, 0.2) is 0 Å². The van der Waals surface area contributed by atoms with E-state index in [2.05, 4.69) is 31.2 Å². The standard InChI is InChI=1S/C16H17Cl2N/c1-11-3-2-4-13(7-11)14(10-19)8-12-5-6-15(17)16(18)9-12/h2-7,9,14H,8,10,19H2,1H3. The van der Waals surface area contributed by atoms with Crippen LogP contribution in [0, 0.1) is 6.92 Å². The first-order valence-corrected chi connectivity index (χ1v) is 7.06. The molecule has 0 radical (unpaired) electrons. The average molecular weight is 294 g/mol. The molecule has 0 aliphatic rings. The van der Waals surface area contributed by atoms with Gasteiger partial charge < -0.3 is 5.73 Å². The van der Waals surface area contributed by atoms with E-state index in [4.69, 9.17) is 28.9 Å². The lowest BCUT2D eigenvalue weighted by molar-refractivity contribution is 0.694. The molecular weight excluding hydrogens is 277 g/mol. The van der Waals surface area contributed by atoms with Gasteiger partial charge >= 0.3 is 0 Å². The first-order chi connectivity index (χ1) is 9.10. The second kappa shape index (κ2) is 6.42. The zero-order chi connectivity index (χ0) is 13.8. The van der Waals surface area contributed by atoms with Gasteiger partial charge in [-0.2, -0.15) is 0 Å². The fourth-order valence-electron chi connectivity index (χ4n) is 2.21. The molecule has 1 atom stereocenters. The van der Waals surface area contributed by atoms with Gasteiger partial charge in [0.1, 0.15) is 0 Å². The van der Waals surface area contributed by atoms with Crippen molar-refractivity contribution >= 4 is 23.2 Å². The van der Waals surface area contributed by atoms with Crippen LogP contribution < -0.4 is 5.73 Å². The van der Waals surface area contributed by atoms with E-state index < -0.39 is 0 Å². The highest BCUT2D eigenvalue weighted by molar-refractivity contribution is 6.42. The number of rotatable bonds is 4. The summed E-state index contributed by atoms with van der Waals surface area (Å²) in [6.07, 6.45) is 0.872. The maximum absolute atomic E-state index is 6.05. The van der Waals surface area contributed by atoms with Crippen LogP contribution in [-0.4, -0.2) is 6.54 Å². The van der Waals surface area contributed by atoms with Gasteiger partial charge in [-0.05, 0) is 43.1 Å². The summed E-state index contributed by atoms with van der Waals surface area (Å²) in [7, 11) is 0. The molecule has 100 valence electrons. The van der Waals surface area contributed by atoms with Crippen molar-refractivity contribution in [2.75, 3.05) is 6.54 Å². The lowest BCUT2D eigenvalue weighted by Gasteiger charge is -2.16. The number of hydrogen-bond donors (Lipinski definition) is 1. The normalized spacial score (nSPS) is 12.4. The predicted molar refractivity (Wildman–Crippen MR) is 83.1 cm³/mol. The summed E-state index contributed by atoms with van der Waals surface area (Å²) in [6, 6.07) is 14.2. The first kappa shape index (κ1) is 14.4. The number of halogens is 2. The SMILES string of the molecule is Cc1cccc(C(CN)Cc2ccc(Cl)c(Cl)c2)c1. The van der Waals surface area contributed by atoms with E-state index in [0.717, 1.165) is 12.0 Å². The van der Waals surface area contributed by atoms with Crippen molar-refractivity contribution in [3.05, 3.63) is 69.2 Å². The van der Waals surface area contributed by atoms with Crippen molar-refractivity contribution in [1.82, 2.24) is 0 Å². The van der Waals surface area contributed by atoms with Gasteiger partial charge in [-0.3, -0.25) is 0 Å². The number of benzene rings is 2. The molecule has 1 nitrogen and oxygen atoms in total. The summed E-state index contributed by atoms with van der Waals surface area (Å²) in [5.74, 6) is 0.303. The highest BCUT2D eigenvalue weighted by Gasteiger charge is 2.11. The van der Waals surface area contributed by atoms with E-state index in [9.17, 15) is 0 Å². The molecule has 0 aliphatic carbocycles. The fourth-order valence-corrected chi connectivity index (χ4v) is 2.53. The van der Waals surface area contributed by atoms with Crippen molar-refractivity contribution in [2.24, 2.45) is 5.73 Å². The Morgan fingerprint density at radius 2 is 1.84 bits per heavy atom. The molecule has 2 N–H and O–H groups in total. The third-order valence-electron chi connectivity index (χ3n) is 3.26. The smallest absolute Gasteiger partial charge is 0.0595 e. The Labute approximate surface area is 124 Å². The van der Waals surface area contributed by atoms with Gasteiger partial charge in [-0.1, -0.05) is 59.1 Å². The topological polar surface area (TPSA) is 26.0 Å². The number of hydrogen-bond acceptors (Lipinski definition) is 1. The molecule has 0 aliphatic heterocycles. The third-order valence-corrected chi connectivity index (χ3v) is 4.00. The molecule has 1 unspecified atom stereocenters. The second-order valence-corrected chi connectivity index (χ2v) is 5.61. The minimum Gasteiger partial charge on any atom is -0.330 e. The van der Waals surface area contributed by atoms with Crippen LogP contribution in [0.15, 0.2) is 42.5 Å². The second-order valence-electron chi connectivity index (χ2n) is 4.80. The first-order valence-electron chi connectivity index (χ1n) is 6.30. The fraction of sp³-hybridized carbons (Fsp3) is 0.250. The van der Waals surface area contributed by atoms with Crippen LogP contribution >= 0.6 is 23.2 Å². The van der Waals surface area contributed by atoms with Gasteiger partial charge in [-0.15, -0.1) is 0 Å². The molecule has 2 aromatic rings. The molecule has 2 rings (SSSR count). The van der Waals surface area contributed by atoms with E-state index in [1.54, 1.807) is 0 Å². The number of nitrogens with two attached hydrogens (primary N) is 1. The Kier molecular flexibility index (Phi) is 4.87. The minimum atomic E-state index is 0.303. The Balaban J connectivity index is 2.21. The van der Waals surface area contributed by atoms with Crippen LogP contribution in [0.4, 0.5) is 0 Å². The summed E-state index contributed by atoms with van der Waals surface area (Å²) >= 11 is 12.0. The summed E-state index contributed by atoms with van der Waals surface area (Å²) in [5, 5.41) is 1.18. The van der Waals surface area contributed by atoms with Crippen molar-refractivity contribution in [3.8, 4) is 0 Å². The lowest BCUT2D eigenvalue weighted by atomic mass is 9.91. The van der Waals surface area contributed by atoms with Crippen molar-refractivity contribution in [2.45, 2.75) is 19.3 Å². The molecule has 0 heterocycles. The van der Waals surface area contributed by atoms with Crippen molar-refractivity contribution in [1.29, 1.82) is 0 Å². The van der Waals surface area contributed by atoms with E-state index in [0.29, 0.717) is 22.5 Å². The largest absolute Gasteiger partial charge is 0.330 e. The van der Waals surface area contributed by atoms with Crippen LogP contribution in [0.2, 0.25) is 10.0 Å². The molecule has 0 saturated heterocycles. The van der Waals surface area contributed by atoms with Crippen LogP contribution in [0.1, 0.15) is 22.6 Å². The zero-order valence-corrected chi connectivity index (χ0v) is 12.4. The van der Waals surface area contributed by atoms with Crippen molar-refractivity contribution < 1.29 is 0 Å². The highest BCUT2D eigenvalue weighted by Crippen LogP contribution is 2.26. The lowest BCUT2D eigenvalue weighted by Crippen LogP contribution is -2.15. The van der Waals surface area contributed by atoms with Gasteiger partial charge in [0, 0.05) is 5.92 Å². The summed E-state index contributed by atoms with van der Waals surface area (Å²) in [6.45, 7) is 2.71. The third kappa shape index (κ3) is 3.73. The minimum absolute atomic E-state index is 0.303. The monoisotopic (exact) mass is 293 g/mol. The molecule has 3 heteroatoms. The molecule has 19 heavy (non-hydrogen) atoms. The predicted octanol–water partition coefficient (Wildman–Crippen LogP) is 4.59. The maximum Gasteiger partial charge on any atom is 0.0595 e. The Hall–Kier alpha value is -1.02. The van der Waals surface area contributed by atoms with E-state index in [1.165, 1.54) is 11.1 Å². The molecule has 0 amide bonds. The van der Waals surface area contributed by atoms with Gasteiger partial charge in [-0.25, -0.2) is 0 Å². The molecule has 0 bridgehead atoms. The zero-order valence-electron chi connectivity index (χ0n) is 10.9. The van der Waals surface area contributed by atoms with Crippen LogP contribution in [0.3, 0.4) is 0 Å². The Morgan fingerprint density at radius 3 is 2.47 bits per heavy atom. The molecule has 0 spiro atoms. The van der Waals surface area contributed by atoms with Crippen LogP contribution in [0.25, 0.3) is 0 Å². The number of aryl methyl sites for hydroxylation is 1. The summed E-state index contributed by atoms with van der Waals surface area (Å²) < 4.78 is 0. The summed E-state index contributed by atoms with van der Waals surface area (Å²) in [4.78, 5) is 0. The average Bonchev–Trinajstić information content (AvgIpc) is 2.40. The quantitative estimate of drug-likeness (QED) is 0.877. The Bertz CT molecular complexity index is 566. The summed E-state index contributed by atoms with van der Waals surface area (Å²) in [5.41, 5.74) is 9.60. The van der Waals surface area contributed by atoms with Gasteiger partial charge in [0.2, 0.25) is 0 Å². The van der Waals surface area contributed by atoms with E-state index in [1.807, 2.05) is 18.2 Å². The molecule has 0 fully saturated rings. The van der Waals surface area contributed by atoms with E-state index >= 15 is 0 Å². The van der Waals surface area contributed by atoms with Crippen molar-refractivity contribution in [3.63, 3.8) is 0 Å². The molecular formula is C16H17Cl2N.